The Bertz CT molecular complexity index is 1040. The molecule has 1 unspecified atom stereocenters. The summed E-state index contributed by atoms with van der Waals surface area (Å²) in [6.45, 7) is 20.6. The van der Waals surface area contributed by atoms with E-state index in [1.165, 1.54) is 17.5 Å². The average Bonchev–Trinajstić information content (AvgIpc) is 2.93. The van der Waals surface area contributed by atoms with Crippen LogP contribution in [0.2, 0.25) is 0 Å². The second-order valence-electron chi connectivity index (χ2n) is 9.15. The Morgan fingerprint density at radius 1 is 0.919 bits per heavy atom. The van der Waals surface area contributed by atoms with Crippen molar-refractivity contribution in [1.82, 2.24) is 5.32 Å². The summed E-state index contributed by atoms with van der Waals surface area (Å²) in [7, 11) is 0. The number of rotatable bonds is 9. The molecule has 0 heterocycles. The van der Waals surface area contributed by atoms with Crippen LogP contribution in [0.15, 0.2) is 109 Å². The van der Waals surface area contributed by atoms with Gasteiger partial charge in [0.05, 0.1) is 5.84 Å². The third-order valence-electron chi connectivity index (χ3n) is 5.79. The molecule has 0 amide bonds. The molecular weight excluding hydrogens is 450 g/mol. The van der Waals surface area contributed by atoms with E-state index in [1.807, 2.05) is 66.7 Å². The van der Waals surface area contributed by atoms with Crippen LogP contribution in [0.5, 0.6) is 0 Å². The average molecular weight is 498 g/mol. The zero-order chi connectivity index (χ0) is 27.7. The summed E-state index contributed by atoms with van der Waals surface area (Å²) in [5, 5.41) is 3.40. The fraction of sp³-hybridized carbons (Fsp3) is 0.324. The van der Waals surface area contributed by atoms with Gasteiger partial charge in [0, 0.05) is 11.7 Å². The van der Waals surface area contributed by atoms with Gasteiger partial charge in [0.1, 0.15) is 5.54 Å². The van der Waals surface area contributed by atoms with Crippen LogP contribution in [-0.4, -0.2) is 11.9 Å². The highest BCUT2D eigenvalue weighted by Gasteiger charge is 2.30. The van der Waals surface area contributed by atoms with Gasteiger partial charge in [-0.2, -0.15) is 0 Å². The fourth-order valence-electron chi connectivity index (χ4n) is 3.70. The summed E-state index contributed by atoms with van der Waals surface area (Å²) in [5.74, 6) is 0.535. The van der Waals surface area contributed by atoms with Gasteiger partial charge in [-0.1, -0.05) is 132 Å². The van der Waals surface area contributed by atoms with Crippen molar-refractivity contribution < 1.29 is 0 Å². The molecule has 0 saturated carbocycles. The van der Waals surface area contributed by atoms with E-state index in [1.54, 1.807) is 6.92 Å². The zero-order valence-electron chi connectivity index (χ0n) is 23.8. The van der Waals surface area contributed by atoms with E-state index in [0.29, 0.717) is 11.9 Å². The predicted molar refractivity (Wildman–Crippen MR) is 165 cm³/mol. The molecule has 0 bridgehead atoms. The quantitative estimate of drug-likeness (QED) is 0.177. The Balaban J connectivity index is 0.000000343. The number of aliphatic imine (C=N–C) groups is 1. The van der Waals surface area contributed by atoms with Gasteiger partial charge in [0.25, 0.3) is 0 Å². The molecule has 3 rings (SSSR count). The first kappa shape index (κ1) is 31.4. The van der Waals surface area contributed by atoms with Gasteiger partial charge in [-0.25, -0.2) is 0 Å². The third-order valence-corrected chi connectivity index (χ3v) is 5.79. The first-order valence-corrected chi connectivity index (χ1v) is 13.4. The van der Waals surface area contributed by atoms with E-state index in [-0.39, 0.29) is 0 Å². The Labute approximate surface area is 226 Å². The molecule has 0 fully saturated rings. The second kappa shape index (κ2) is 17.0. The molecule has 0 aliphatic carbocycles. The maximum atomic E-state index is 5.83. The largest absolute Gasteiger partial charge is 0.388 e. The lowest BCUT2D eigenvalue weighted by atomic mass is 9.83. The molecule has 1 atom stereocenters. The van der Waals surface area contributed by atoms with Crippen molar-refractivity contribution >= 4 is 11.5 Å². The summed E-state index contributed by atoms with van der Waals surface area (Å²) in [6, 6.07) is 29.2. The topological polar surface area (TPSA) is 50.4 Å². The molecule has 3 nitrogen and oxygen atoms in total. The predicted octanol–water partition coefficient (Wildman–Crippen LogP) is 8.52. The van der Waals surface area contributed by atoms with Crippen LogP contribution in [0.1, 0.15) is 76.6 Å². The van der Waals surface area contributed by atoms with Crippen LogP contribution in [0.4, 0.5) is 0 Å². The van der Waals surface area contributed by atoms with Gasteiger partial charge in [-0.3, -0.25) is 4.99 Å². The lowest BCUT2D eigenvalue weighted by Crippen LogP contribution is -2.26. The SMILES string of the molecule is C=C(NC(C)CC)c1cccc(CC)c1.C=CC(N=C(C)N)(c1ccccc1)c1ccccc1.CCC. The van der Waals surface area contributed by atoms with Crippen LogP contribution in [-0.2, 0) is 12.0 Å². The number of hydrogen-bond donors (Lipinski definition) is 2. The van der Waals surface area contributed by atoms with Crippen LogP contribution in [0.3, 0.4) is 0 Å². The minimum atomic E-state index is -0.624. The number of nitrogens with zero attached hydrogens (tertiary/aromatic N) is 1. The van der Waals surface area contributed by atoms with Crippen LogP contribution < -0.4 is 11.1 Å². The summed E-state index contributed by atoms with van der Waals surface area (Å²) in [6.07, 6.45) is 5.28. The smallest absolute Gasteiger partial charge is 0.130 e. The fourth-order valence-corrected chi connectivity index (χ4v) is 3.70. The molecule has 0 saturated heterocycles. The molecule has 0 spiro atoms. The van der Waals surface area contributed by atoms with Crippen LogP contribution in [0.25, 0.3) is 5.70 Å². The first-order valence-electron chi connectivity index (χ1n) is 13.4. The monoisotopic (exact) mass is 497 g/mol. The van der Waals surface area contributed by atoms with Gasteiger partial charge < -0.3 is 11.1 Å². The van der Waals surface area contributed by atoms with Crippen molar-refractivity contribution in [3.63, 3.8) is 0 Å². The standard InChI is InChI=1S/C17H18N2.C14H21N.C3H8/c1-3-17(19-14(2)18,15-10-6-4-7-11-15)16-12-8-5-9-13-16;1-5-11(3)15-12(4)14-9-7-8-13(6-2)10-14;1-3-2/h3-13H,1H2,2H3,(H2,18,19);7-11,15H,4-6H2,1-3H3;3H2,1-2H3. The molecule has 0 radical (unpaired) electrons. The van der Waals surface area contributed by atoms with Gasteiger partial charge in [0.15, 0.2) is 0 Å². The lowest BCUT2D eigenvalue weighted by Gasteiger charge is -2.28. The number of nitrogens with one attached hydrogen (secondary N) is 1. The van der Waals surface area contributed by atoms with E-state index in [0.717, 1.165) is 29.7 Å². The number of benzene rings is 3. The minimum Gasteiger partial charge on any atom is -0.388 e. The number of hydrogen-bond acceptors (Lipinski definition) is 2. The Kier molecular flexibility index (Phi) is 14.4. The Morgan fingerprint density at radius 2 is 1.43 bits per heavy atom. The second-order valence-corrected chi connectivity index (χ2v) is 9.15. The van der Waals surface area contributed by atoms with E-state index < -0.39 is 5.54 Å². The van der Waals surface area contributed by atoms with Crippen molar-refractivity contribution in [3.05, 3.63) is 126 Å². The van der Waals surface area contributed by atoms with Crippen LogP contribution in [0, 0.1) is 0 Å². The molecule has 0 aliphatic rings. The molecule has 3 heteroatoms. The minimum absolute atomic E-state index is 0.489. The molecule has 37 heavy (non-hydrogen) atoms. The summed E-state index contributed by atoms with van der Waals surface area (Å²) < 4.78 is 0. The van der Waals surface area contributed by atoms with E-state index in [4.69, 9.17) is 5.73 Å². The van der Waals surface area contributed by atoms with Crippen molar-refractivity contribution in [1.29, 1.82) is 0 Å². The summed E-state index contributed by atoms with van der Waals surface area (Å²) >= 11 is 0. The van der Waals surface area contributed by atoms with Crippen molar-refractivity contribution in [2.24, 2.45) is 10.7 Å². The molecule has 3 N–H and O–H groups in total. The molecule has 198 valence electrons. The van der Waals surface area contributed by atoms with Gasteiger partial charge in [-0.05, 0) is 55.0 Å². The maximum Gasteiger partial charge on any atom is 0.130 e. The highest BCUT2D eigenvalue weighted by atomic mass is 14.9. The van der Waals surface area contributed by atoms with E-state index in [9.17, 15) is 0 Å². The number of aryl methyl sites for hydroxylation is 1. The molecular formula is C34H47N3. The molecule has 0 aromatic heterocycles. The zero-order valence-corrected chi connectivity index (χ0v) is 23.8. The Morgan fingerprint density at radius 3 is 1.84 bits per heavy atom. The van der Waals surface area contributed by atoms with Crippen molar-refractivity contribution in [2.75, 3.05) is 0 Å². The highest BCUT2D eigenvalue weighted by Crippen LogP contribution is 2.35. The third kappa shape index (κ3) is 10.1. The van der Waals surface area contributed by atoms with Gasteiger partial charge >= 0.3 is 0 Å². The summed E-state index contributed by atoms with van der Waals surface area (Å²) in [5.41, 5.74) is 10.9. The molecule has 3 aromatic rings. The molecule has 3 aromatic carbocycles. The van der Waals surface area contributed by atoms with Crippen LogP contribution >= 0.6 is 0 Å². The lowest BCUT2D eigenvalue weighted by molar-refractivity contribution is 0.631. The normalized spacial score (nSPS) is 11.7. The van der Waals surface area contributed by atoms with Gasteiger partial charge in [-0.15, -0.1) is 0 Å². The number of amidine groups is 1. The van der Waals surface area contributed by atoms with Gasteiger partial charge in [0.2, 0.25) is 0 Å². The van der Waals surface area contributed by atoms with Crippen molar-refractivity contribution in [2.45, 2.75) is 72.4 Å². The Hall–Kier alpha value is -3.59. The molecule has 0 aliphatic heterocycles. The maximum absolute atomic E-state index is 5.83. The highest BCUT2D eigenvalue weighted by molar-refractivity contribution is 5.79. The van der Waals surface area contributed by atoms with Crippen molar-refractivity contribution in [3.8, 4) is 0 Å². The van der Waals surface area contributed by atoms with E-state index in [2.05, 4.69) is 82.4 Å². The van der Waals surface area contributed by atoms with E-state index >= 15 is 0 Å². The first-order chi connectivity index (χ1) is 17.8. The number of nitrogens with two attached hydrogens (primary N) is 1. The summed E-state index contributed by atoms with van der Waals surface area (Å²) in [4.78, 5) is 4.64.